The summed E-state index contributed by atoms with van der Waals surface area (Å²) in [6.45, 7) is 9.80. The van der Waals surface area contributed by atoms with Crippen LogP contribution >= 0.6 is 0 Å². The highest BCUT2D eigenvalue weighted by atomic mass is 28.2. The summed E-state index contributed by atoms with van der Waals surface area (Å²) in [5.41, 5.74) is 0.897. The van der Waals surface area contributed by atoms with E-state index in [9.17, 15) is 4.79 Å². The largest absolute Gasteiger partial charge is 0.505 e. The lowest BCUT2D eigenvalue weighted by Crippen LogP contribution is -2.15. The van der Waals surface area contributed by atoms with Gasteiger partial charge in [-0.25, -0.2) is 4.79 Å². The zero-order valence-corrected chi connectivity index (χ0v) is 13.2. The van der Waals surface area contributed by atoms with Gasteiger partial charge >= 0.3 is 6.16 Å². The molecule has 0 atom stereocenters. The maximum atomic E-state index is 10.1. The van der Waals surface area contributed by atoms with Gasteiger partial charge in [-0.15, -0.1) is 0 Å². The van der Waals surface area contributed by atoms with Crippen LogP contribution in [0.25, 0.3) is 0 Å². The molecule has 0 bridgehead atoms. The molecule has 0 radical (unpaired) electrons. The van der Waals surface area contributed by atoms with Crippen LogP contribution in [0.15, 0.2) is 0 Å². The Morgan fingerprint density at radius 3 is 2.35 bits per heavy atom. The monoisotopic (exact) mass is 260 g/mol. The van der Waals surface area contributed by atoms with E-state index < -0.39 is 6.16 Å². The van der Waals surface area contributed by atoms with E-state index in [2.05, 4.69) is 32.4 Å². The molecule has 102 valence electrons. The number of unbranched alkanes of at least 4 members (excludes halogenated alkanes) is 3. The van der Waals surface area contributed by atoms with Gasteiger partial charge in [-0.1, -0.05) is 58.9 Å². The summed E-state index contributed by atoms with van der Waals surface area (Å²) in [4.78, 5) is 10.1. The Balaban J connectivity index is 3.41. The normalized spacial score (nSPS) is 12.5. The van der Waals surface area contributed by atoms with Crippen LogP contribution in [-0.4, -0.2) is 27.4 Å². The molecule has 0 saturated carbocycles. The van der Waals surface area contributed by atoms with Gasteiger partial charge in [0.25, 0.3) is 0 Å². The Hall–Kier alpha value is -0.513. The molecule has 0 aromatic heterocycles. The molecule has 0 aliphatic heterocycles. The third-order valence-corrected chi connectivity index (χ3v) is 5.21. The van der Waals surface area contributed by atoms with Crippen LogP contribution in [0.4, 0.5) is 4.79 Å². The van der Waals surface area contributed by atoms with Crippen LogP contribution in [0.5, 0.6) is 0 Å². The van der Waals surface area contributed by atoms with Gasteiger partial charge in [0.15, 0.2) is 0 Å². The van der Waals surface area contributed by atoms with E-state index in [1.807, 2.05) is 0 Å². The molecule has 17 heavy (non-hydrogen) atoms. The molecule has 0 saturated heterocycles. The van der Waals surface area contributed by atoms with Crippen LogP contribution < -0.4 is 0 Å². The summed E-state index contributed by atoms with van der Waals surface area (Å²) < 4.78 is 4.47. The number of carboxylic acid groups (broad SMARTS) is 1. The molecule has 0 unspecified atom stereocenters. The molecule has 1 N–H and O–H groups in total. The molecular formula is C13H28O3Si. The smallest absolute Gasteiger partial charge is 0.450 e. The quantitative estimate of drug-likeness (QED) is 0.389. The van der Waals surface area contributed by atoms with Gasteiger partial charge in [-0.3, -0.25) is 0 Å². The highest BCUT2D eigenvalue weighted by Gasteiger charge is 2.19. The number of hydrogen-bond acceptors (Lipinski definition) is 2. The fourth-order valence-electron chi connectivity index (χ4n) is 2.43. The zero-order valence-electron chi connectivity index (χ0n) is 11.8. The Kier molecular flexibility index (Phi) is 8.30. The molecule has 0 aliphatic rings. The lowest BCUT2D eigenvalue weighted by molar-refractivity contribution is 0.0899. The Bertz CT molecular complexity index is 215. The van der Waals surface area contributed by atoms with Crippen LogP contribution in [0.3, 0.4) is 0 Å². The molecule has 0 heterocycles. The maximum absolute atomic E-state index is 10.1. The van der Waals surface area contributed by atoms with Gasteiger partial charge in [0.05, 0.1) is 6.61 Å². The molecular weight excluding hydrogens is 232 g/mol. The standard InChI is InChI=1S/C13H28O3Si/c1-11(2)17-13(3,4)9-7-5-6-8-10-16-12(14)15/h11H,5-10,17H2,1-4H3,(H,14,15). The van der Waals surface area contributed by atoms with Crippen molar-refractivity contribution in [1.29, 1.82) is 0 Å². The fourth-order valence-corrected chi connectivity index (χ4v) is 5.09. The van der Waals surface area contributed by atoms with E-state index in [0.717, 1.165) is 18.4 Å². The predicted octanol–water partition coefficient (Wildman–Crippen LogP) is 3.83. The lowest BCUT2D eigenvalue weighted by Gasteiger charge is -2.26. The first-order valence-corrected chi connectivity index (χ1v) is 8.21. The van der Waals surface area contributed by atoms with Crippen LogP contribution in [0.2, 0.25) is 10.6 Å². The number of rotatable bonds is 9. The Morgan fingerprint density at radius 1 is 1.24 bits per heavy atom. The van der Waals surface area contributed by atoms with Gasteiger partial charge in [-0.05, 0) is 11.5 Å². The average molecular weight is 260 g/mol. The van der Waals surface area contributed by atoms with E-state index in [4.69, 9.17) is 5.11 Å². The first kappa shape index (κ1) is 16.5. The van der Waals surface area contributed by atoms with Gasteiger partial charge in [-0.2, -0.15) is 0 Å². The molecule has 0 aliphatic carbocycles. The molecule has 4 heteroatoms. The van der Waals surface area contributed by atoms with Crippen LogP contribution in [-0.2, 0) is 4.74 Å². The Morgan fingerprint density at radius 2 is 1.82 bits per heavy atom. The van der Waals surface area contributed by atoms with Crippen molar-refractivity contribution in [2.75, 3.05) is 6.61 Å². The zero-order chi connectivity index (χ0) is 13.3. The van der Waals surface area contributed by atoms with Crippen LogP contribution in [0.1, 0.15) is 59.8 Å². The summed E-state index contributed by atoms with van der Waals surface area (Å²) in [6.07, 6.45) is 4.55. The number of hydrogen-bond donors (Lipinski definition) is 1. The SMILES string of the molecule is CC(C)[SiH2]C(C)(C)CCCCCCOC(=O)O. The van der Waals surface area contributed by atoms with Crippen molar-refractivity contribution in [3.63, 3.8) is 0 Å². The van der Waals surface area contributed by atoms with E-state index in [-0.39, 0.29) is 9.52 Å². The summed E-state index contributed by atoms with van der Waals surface area (Å²) in [5, 5.41) is 8.86. The van der Waals surface area contributed by atoms with Gasteiger partial charge < -0.3 is 9.84 Å². The molecule has 0 rings (SSSR count). The molecule has 0 fully saturated rings. The van der Waals surface area contributed by atoms with E-state index in [1.165, 1.54) is 19.3 Å². The van der Waals surface area contributed by atoms with Crippen molar-refractivity contribution < 1.29 is 14.6 Å². The first-order valence-electron chi connectivity index (χ1n) is 6.69. The topological polar surface area (TPSA) is 46.5 Å². The van der Waals surface area contributed by atoms with Gasteiger partial charge in [0.2, 0.25) is 0 Å². The van der Waals surface area contributed by atoms with Crippen molar-refractivity contribution in [1.82, 2.24) is 0 Å². The van der Waals surface area contributed by atoms with Gasteiger partial charge in [0, 0.05) is 9.52 Å². The summed E-state index contributed by atoms with van der Waals surface area (Å²) in [6, 6.07) is 0. The Labute approximate surface area is 108 Å². The first-order chi connectivity index (χ1) is 7.83. The predicted molar refractivity (Wildman–Crippen MR) is 74.7 cm³/mol. The minimum Gasteiger partial charge on any atom is -0.450 e. The van der Waals surface area contributed by atoms with E-state index in [0.29, 0.717) is 11.6 Å². The highest BCUT2D eigenvalue weighted by molar-refractivity contribution is 6.41. The summed E-state index contributed by atoms with van der Waals surface area (Å²) >= 11 is 0. The fraction of sp³-hybridized carbons (Fsp3) is 0.923. The molecule has 0 aromatic carbocycles. The highest BCUT2D eigenvalue weighted by Crippen LogP contribution is 2.33. The van der Waals surface area contributed by atoms with Crippen molar-refractivity contribution in [3.8, 4) is 0 Å². The minimum absolute atomic E-state index is 0.0170. The van der Waals surface area contributed by atoms with Crippen molar-refractivity contribution in [3.05, 3.63) is 0 Å². The third kappa shape index (κ3) is 11.7. The second kappa shape index (κ2) is 8.56. The number of ether oxygens (including phenoxy) is 1. The lowest BCUT2D eigenvalue weighted by atomic mass is 10.0. The maximum Gasteiger partial charge on any atom is 0.505 e. The second-order valence-corrected chi connectivity index (χ2v) is 10.00. The number of carbonyl (C=O) groups is 1. The third-order valence-electron chi connectivity index (χ3n) is 2.93. The van der Waals surface area contributed by atoms with Crippen molar-refractivity contribution in [2.45, 2.75) is 70.4 Å². The summed E-state index contributed by atoms with van der Waals surface area (Å²) in [5.74, 6) is 0. The van der Waals surface area contributed by atoms with E-state index in [1.54, 1.807) is 0 Å². The summed E-state index contributed by atoms with van der Waals surface area (Å²) in [7, 11) is 0.0170. The molecule has 3 nitrogen and oxygen atoms in total. The van der Waals surface area contributed by atoms with E-state index >= 15 is 0 Å². The van der Waals surface area contributed by atoms with Crippen LogP contribution in [0, 0.1) is 0 Å². The van der Waals surface area contributed by atoms with Crippen molar-refractivity contribution >= 4 is 15.7 Å². The molecule has 0 amide bonds. The van der Waals surface area contributed by atoms with Crippen molar-refractivity contribution in [2.24, 2.45) is 0 Å². The molecule has 0 spiro atoms. The minimum atomic E-state index is -1.16. The average Bonchev–Trinajstić information content (AvgIpc) is 2.13. The molecule has 0 aromatic rings. The second-order valence-electron chi connectivity index (χ2n) is 6.04. The van der Waals surface area contributed by atoms with Gasteiger partial charge in [0.1, 0.15) is 0 Å².